The van der Waals surface area contributed by atoms with E-state index in [4.69, 9.17) is 12.2 Å². The molecule has 1 heterocycles. The summed E-state index contributed by atoms with van der Waals surface area (Å²) in [6.45, 7) is 4.51. The third-order valence-corrected chi connectivity index (χ3v) is 5.60. The first-order chi connectivity index (χ1) is 10.3. The van der Waals surface area contributed by atoms with Gasteiger partial charge >= 0.3 is 29.6 Å². The van der Waals surface area contributed by atoms with E-state index in [1.54, 1.807) is 11.8 Å². The number of fused-ring (bicyclic) bond motifs is 1. The van der Waals surface area contributed by atoms with Gasteiger partial charge in [0.2, 0.25) is 0 Å². The van der Waals surface area contributed by atoms with E-state index in [2.05, 4.69) is 17.0 Å². The van der Waals surface area contributed by atoms with Gasteiger partial charge in [0.05, 0.1) is 20.8 Å². The number of thioether (sulfide) groups is 1. The molecular formula is C15H18NNaO3S3. The van der Waals surface area contributed by atoms with E-state index < -0.39 is 10.1 Å². The molecule has 23 heavy (non-hydrogen) atoms. The largest absolute Gasteiger partial charge is 1.00 e. The van der Waals surface area contributed by atoms with Crippen molar-refractivity contribution in [3.8, 4) is 0 Å². The minimum absolute atomic E-state index is 0. The van der Waals surface area contributed by atoms with E-state index in [0.717, 1.165) is 32.5 Å². The Kier molecular flexibility index (Phi) is 8.27. The molecule has 1 aliphatic rings. The Labute approximate surface area is 169 Å². The van der Waals surface area contributed by atoms with Crippen molar-refractivity contribution >= 4 is 44.6 Å². The molecule has 1 aromatic rings. The maximum Gasteiger partial charge on any atom is 1.00 e. The number of allylic oxidation sites excluding steroid dienone is 1. The summed E-state index contributed by atoms with van der Waals surface area (Å²) < 4.78 is 32.4. The van der Waals surface area contributed by atoms with Gasteiger partial charge in [-0.05, 0) is 43.5 Å². The molecule has 0 bridgehead atoms. The van der Waals surface area contributed by atoms with Crippen molar-refractivity contribution in [1.29, 1.82) is 0 Å². The molecule has 0 atom stereocenters. The fraction of sp³-hybridized carbons (Fsp3) is 0.400. The Morgan fingerprint density at radius 1 is 1.43 bits per heavy atom. The smallest absolute Gasteiger partial charge is 0.748 e. The van der Waals surface area contributed by atoms with Crippen LogP contribution in [0.2, 0.25) is 0 Å². The quantitative estimate of drug-likeness (QED) is 0.310. The standard InChI is InChI=1S/C15H19NO3S3.Na/c1-3-12(20)10-15-16(7-4-8-22(17,18)19)13-9-11(2)5-6-14(13)21-15;/h5-6,9-10H,3-4,7-8H2,1-2H3,(H,17,18,19);/q;+1/p-1/b15-10-;. The second-order valence-electron chi connectivity index (χ2n) is 5.14. The van der Waals surface area contributed by atoms with Crippen LogP contribution in [-0.4, -0.2) is 30.1 Å². The van der Waals surface area contributed by atoms with Crippen molar-refractivity contribution in [2.45, 2.75) is 31.6 Å². The first kappa shape index (κ1) is 21.2. The zero-order valence-corrected chi connectivity index (χ0v) is 18.0. The van der Waals surface area contributed by atoms with Gasteiger partial charge < -0.3 is 9.45 Å². The summed E-state index contributed by atoms with van der Waals surface area (Å²) in [6.07, 6.45) is 3.05. The van der Waals surface area contributed by atoms with Crippen LogP contribution in [0.25, 0.3) is 0 Å². The molecule has 0 amide bonds. The number of anilines is 1. The number of rotatable bonds is 6. The summed E-state index contributed by atoms with van der Waals surface area (Å²) >= 11 is 6.92. The molecule has 8 heteroatoms. The zero-order valence-electron chi connectivity index (χ0n) is 13.5. The molecule has 120 valence electrons. The average molecular weight is 380 g/mol. The van der Waals surface area contributed by atoms with Crippen LogP contribution in [-0.2, 0) is 10.1 Å². The Morgan fingerprint density at radius 2 is 2.13 bits per heavy atom. The average Bonchev–Trinajstić information content (AvgIpc) is 2.75. The van der Waals surface area contributed by atoms with Crippen molar-refractivity contribution in [3.05, 3.63) is 34.9 Å². The van der Waals surface area contributed by atoms with Crippen LogP contribution in [0.1, 0.15) is 25.3 Å². The van der Waals surface area contributed by atoms with E-state index in [-0.39, 0.29) is 35.3 Å². The Morgan fingerprint density at radius 3 is 2.74 bits per heavy atom. The summed E-state index contributed by atoms with van der Waals surface area (Å²) in [7, 11) is -4.18. The number of nitrogens with zero attached hydrogens (tertiary/aromatic N) is 1. The van der Waals surface area contributed by atoms with E-state index >= 15 is 0 Å². The second kappa shape index (κ2) is 8.99. The molecular weight excluding hydrogens is 361 g/mol. The van der Waals surface area contributed by atoms with E-state index in [9.17, 15) is 13.0 Å². The fourth-order valence-electron chi connectivity index (χ4n) is 2.19. The molecule has 0 spiro atoms. The van der Waals surface area contributed by atoms with Crippen LogP contribution < -0.4 is 34.5 Å². The van der Waals surface area contributed by atoms with Gasteiger partial charge in [-0.1, -0.05) is 37.0 Å². The van der Waals surface area contributed by atoms with E-state index in [0.29, 0.717) is 13.0 Å². The zero-order chi connectivity index (χ0) is 16.3. The molecule has 1 aliphatic heterocycles. The van der Waals surface area contributed by atoms with Crippen LogP contribution in [0.3, 0.4) is 0 Å². The maximum absolute atomic E-state index is 10.8. The van der Waals surface area contributed by atoms with Gasteiger partial charge in [-0.25, -0.2) is 8.42 Å². The molecule has 0 fully saturated rings. The van der Waals surface area contributed by atoms with Gasteiger partial charge in [0, 0.05) is 22.1 Å². The van der Waals surface area contributed by atoms with Gasteiger partial charge in [0.25, 0.3) is 0 Å². The van der Waals surface area contributed by atoms with E-state index in [1.165, 1.54) is 0 Å². The van der Waals surface area contributed by atoms with Gasteiger partial charge in [-0.3, -0.25) is 0 Å². The molecule has 4 nitrogen and oxygen atoms in total. The minimum atomic E-state index is -4.18. The summed E-state index contributed by atoms with van der Waals surface area (Å²) in [5.41, 5.74) is 2.19. The van der Waals surface area contributed by atoms with Crippen LogP contribution in [0, 0.1) is 6.92 Å². The number of thiocarbonyl (C=S) groups is 1. The van der Waals surface area contributed by atoms with Crippen molar-refractivity contribution in [3.63, 3.8) is 0 Å². The topological polar surface area (TPSA) is 60.4 Å². The van der Waals surface area contributed by atoms with E-state index in [1.807, 2.05) is 26.0 Å². The van der Waals surface area contributed by atoms with Crippen molar-refractivity contribution in [2.75, 3.05) is 17.2 Å². The SMILES string of the molecule is CCC(=S)/C=C1\Sc2ccc(C)cc2N1CCCS(=O)(=O)[O-].[Na+]. The maximum atomic E-state index is 10.8. The predicted molar refractivity (Wildman–Crippen MR) is 94.5 cm³/mol. The first-order valence-corrected chi connectivity index (χ1v) is 9.84. The molecule has 2 rings (SSSR count). The molecule has 0 saturated heterocycles. The Balaban J connectivity index is 0.00000264. The van der Waals surface area contributed by atoms with Crippen molar-refractivity contribution in [2.24, 2.45) is 0 Å². The Hall–Kier alpha value is 0.110. The summed E-state index contributed by atoms with van der Waals surface area (Å²) in [5, 5.41) is 0.996. The second-order valence-corrected chi connectivity index (χ2v) is 8.25. The minimum Gasteiger partial charge on any atom is -0.748 e. The molecule has 0 saturated carbocycles. The number of aryl methyl sites for hydroxylation is 1. The molecule has 0 radical (unpaired) electrons. The first-order valence-electron chi connectivity index (χ1n) is 7.04. The van der Waals surface area contributed by atoms with Gasteiger partial charge in [0.15, 0.2) is 0 Å². The monoisotopic (exact) mass is 379 g/mol. The van der Waals surface area contributed by atoms with Gasteiger partial charge in [-0.2, -0.15) is 0 Å². The molecule has 0 aromatic heterocycles. The molecule has 0 aliphatic carbocycles. The number of hydrogen-bond acceptors (Lipinski definition) is 6. The summed E-state index contributed by atoms with van der Waals surface area (Å²) in [6, 6.07) is 6.18. The predicted octanol–water partition coefficient (Wildman–Crippen LogP) is 0.468. The van der Waals surface area contributed by atoms with Crippen LogP contribution in [0.5, 0.6) is 0 Å². The van der Waals surface area contributed by atoms with Crippen LogP contribution in [0.15, 0.2) is 34.2 Å². The van der Waals surface area contributed by atoms with Crippen molar-refractivity contribution in [1.82, 2.24) is 0 Å². The van der Waals surface area contributed by atoms with Crippen LogP contribution >= 0.6 is 24.0 Å². The molecule has 1 aromatic carbocycles. The fourth-order valence-corrected chi connectivity index (χ4v) is 3.99. The third kappa shape index (κ3) is 6.16. The van der Waals surface area contributed by atoms with Gasteiger partial charge in [0.1, 0.15) is 0 Å². The van der Waals surface area contributed by atoms with Crippen molar-refractivity contribution < 1.29 is 42.5 Å². The summed E-state index contributed by atoms with van der Waals surface area (Å²) in [4.78, 5) is 4.04. The molecule has 0 unspecified atom stereocenters. The molecule has 0 N–H and O–H groups in total. The number of hydrogen-bond donors (Lipinski definition) is 0. The summed E-state index contributed by atoms with van der Waals surface area (Å²) in [5.74, 6) is -0.346. The van der Waals surface area contributed by atoms with Gasteiger partial charge in [-0.15, -0.1) is 0 Å². The Bertz CT molecular complexity index is 717. The number of benzene rings is 1. The normalized spacial score (nSPS) is 15.4. The van der Waals surface area contributed by atoms with Crippen LogP contribution in [0.4, 0.5) is 5.69 Å². The third-order valence-electron chi connectivity index (χ3n) is 3.29.